The van der Waals surface area contributed by atoms with Gasteiger partial charge in [0, 0.05) is 23.7 Å². The molecule has 7 nitrogen and oxygen atoms in total. The highest BCUT2D eigenvalue weighted by atomic mass is 32.2. The minimum atomic E-state index is -3.67. The van der Waals surface area contributed by atoms with Crippen LogP contribution in [0.25, 0.3) is 0 Å². The number of hydrogen-bond donors (Lipinski definition) is 3. The summed E-state index contributed by atoms with van der Waals surface area (Å²) in [5.41, 5.74) is 7.86. The van der Waals surface area contributed by atoms with E-state index in [0.717, 1.165) is 11.1 Å². The van der Waals surface area contributed by atoms with Gasteiger partial charge in [-0.05, 0) is 60.9 Å². The van der Waals surface area contributed by atoms with E-state index in [1.165, 1.54) is 12.1 Å². The highest BCUT2D eigenvalue weighted by Crippen LogP contribution is 2.18. The molecule has 0 spiro atoms. The standard InChI is InChI=1S/C24H25N3O4S/c1-17(19-5-3-2-4-6-19)27-32(30,31)22-14-7-18(8-15-22)9-16-23(28)26-21-12-10-20(11-13-21)24(25)29/h2-8,10-15,17,27H,9,16H2,1H3,(H2,25,29)(H,26,28)/t17-/m1/s1. The van der Waals surface area contributed by atoms with Crippen molar-refractivity contribution in [1.82, 2.24) is 4.72 Å². The van der Waals surface area contributed by atoms with Gasteiger partial charge < -0.3 is 11.1 Å². The molecule has 0 aliphatic rings. The second-order valence-electron chi connectivity index (χ2n) is 7.39. The number of primary amides is 1. The van der Waals surface area contributed by atoms with Gasteiger partial charge in [0.05, 0.1) is 4.90 Å². The zero-order chi connectivity index (χ0) is 23.1. The van der Waals surface area contributed by atoms with E-state index in [4.69, 9.17) is 5.73 Å². The minimum absolute atomic E-state index is 0.169. The molecule has 3 aromatic rings. The maximum atomic E-state index is 12.7. The Morgan fingerprint density at radius 3 is 2.12 bits per heavy atom. The van der Waals surface area contributed by atoms with Crippen LogP contribution in [0.15, 0.2) is 83.8 Å². The van der Waals surface area contributed by atoms with Gasteiger partial charge in [0.15, 0.2) is 0 Å². The van der Waals surface area contributed by atoms with Crippen molar-refractivity contribution in [3.8, 4) is 0 Å². The highest BCUT2D eigenvalue weighted by molar-refractivity contribution is 7.89. The Kier molecular flexibility index (Phi) is 7.40. The van der Waals surface area contributed by atoms with Gasteiger partial charge in [-0.3, -0.25) is 9.59 Å². The first-order valence-electron chi connectivity index (χ1n) is 10.1. The monoisotopic (exact) mass is 451 g/mol. The van der Waals surface area contributed by atoms with E-state index in [1.54, 1.807) is 43.3 Å². The summed E-state index contributed by atoms with van der Waals surface area (Å²) in [6.45, 7) is 1.79. The van der Waals surface area contributed by atoms with Crippen LogP contribution in [0, 0.1) is 0 Å². The van der Waals surface area contributed by atoms with Crippen LogP contribution in [-0.4, -0.2) is 20.2 Å². The summed E-state index contributed by atoms with van der Waals surface area (Å²) in [5, 5.41) is 2.75. The Hall–Kier alpha value is -3.49. The molecule has 0 unspecified atom stereocenters. The Balaban J connectivity index is 1.54. The molecular formula is C24H25N3O4S. The lowest BCUT2D eigenvalue weighted by Crippen LogP contribution is -2.26. The molecule has 0 heterocycles. The quantitative estimate of drug-likeness (QED) is 0.462. The molecule has 0 aromatic heterocycles. The van der Waals surface area contributed by atoms with E-state index in [1.807, 2.05) is 30.3 Å². The first-order chi connectivity index (χ1) is 15.2. The number of nitrogens with two attached hydrogens (primary N) is 1. The summed E-state index contributed by atoms with van der Waals surface area (Å²) in [5.74, 6) is -0.718. The third kappa shape index (κ3) is 6.26. The fourth-order valence-corrected chi connectivity index (χ4v) is 4.38. The van der Waals surface area contributed by atoms with Crippen molar-refractivity contribution in [2.24, 2.45) is 5.73 Å². The molecule has 0 radical (unpaired) electrons. The third-order valence-electron chi connectivity index (χ3n) is 4.96. The number of anilines is 1. The van der Waals surface area contributed by atoms with Gasteiger partial charge in [-0.1, -0.05) is 42.5 Å². The molecule has 0 saturated carbocycles. The van der Waals surface area contributed by atoms with Gasteiger partial charge in [0.2, 0.25) is 21.8 Å². The lowest BCUT2D eigenvalue weighted by Gasteiger charge is -2.15. The summed E-state index contributed by atoms with van der Waals surface area (Å²) >= 11 is 0. The normalized spacial score (nSPS) is 12.2. The van der Waals surface area contributed by atoms with Crippen LogP contribution < -0.4 is 15.8 Å². The van der Waals surface area contributed by atoms with E-state index in [9.17, 15) is 18.0 Å². The molecule has 0 saturated heterocycles. The van der Waals surface area contributed by atoms with Crippen LogP contribution in [0.3, 0.4) is 0 Å². The molecule has 0 bridgehead atoms. The molecule has 0 aliphatic heterocycles. The maximum absolute atomic E-state index is 12.7. The maximum Gasteiger partial charge on any atom is 0.248 e. The van der Waals surface area contributed by atoms with Gasteiger partial charge in [0.1, 0.15) is 0 Å². The lowest BCUT2D eigenvalue weighted by molar-refractivity contribution is -0.116. The molecular weight excluding hydrogens is 426 g/mol. The van der Waals surface area contributed by atoms with Gasteiger partial charge in [-0.2, -0.15) is 0 Å². The number of carbonyl (C=O) groups is 2. The number of sulfonamides is 1. The van der Waals surface area contributed by atoms with Crippen LogP contribution in [-0.2, 0) is 21.2 Å². The van der Waals surface area contributed by atoms with Crippen LogP contribution in [0.1, 0.15) is 40.9 Å². The van der Waals surface area contributed by atoms with E-state index in [0.29, 0.717) is 17.7 Å². The zero-order valence-corrected chi connectivity index (χ0v) is 18.4. The molecule has 3 rings (SSSR count). The first kappa shape index (κ1) is 23.2. The van der Waals surface area contributed by atoms with Crippen LogP contribution in [0.5, 0.6) is 0 Å². The van der Waals surface area contributed by atoms with Crippen molar-refractivity contribution in [2.75, 3.05) is 5.32 Å². The molecule has 2 amide bonds. The third-order valence-corrected chi connectivity index (χ3v) is 6.52. The van der Waals surface area contributed by atoms with Crippen LogP contribution >= 0.6 is 0 Å². The van der Waals surface area contributed by atoms with Crippen LogP contribution in [0.4, 0.5) is 5.69 Å². The van der Waals surface area contributed by atoms with Gasteiger partial charge in [0.25, 0.3) is 0 Å². The smallest absolute Gasteiger partial charge is 0.248 e. The molecule has 3 aromatic carbocycles. The molecule has 32 heavy (non-hydrogen) atoms. The Morgan fingerprint density at radius 1 is 0.906 bits per heavy atom. The van der Waals surface area contributed by atoms with Crippen molar-refractivity contribution in [3.63, 3.8) is 0 Å². The Labute approximate surface area is 187 Å². The lowest BCUT2D eigenvalue weighted by atomic mass is 10.1. The second-order valence-corrected chi connectivity index (χ2v) is 9.10. The van der Waals surface area contributed by atoms with E-state index in [-0.39, 0.29) is 23.3 Å². The summed E-state index contributed by atoms with van der Waals surface area (Å²) in [6.07, 6.45) is 0.687. The van der Waals surface area contributed by atoms with Crippen LogP contribution in [0.2, 0.25) is 0 Å². The van der Waals surface area contributed by atoms with Crippen molar-refractivity contribution in [1.29, 1.82) is 0 Å². The van der Waals surface area contributed by atoms with E-state index in [2.05, 4.69) is 10.0 Å². The van der Waals surface area contributed by atoms with Gasteiger partial charge in [-0.25, -0.2) is 13.1 Å². The number of rotatable bonds is 9. The number of nitrogens with one attached hydrogen (secondary N) is 2. The predicted molar refractivity (Wildman–Crippen MR) is 124 cm³/mol. The first-order valence-corrected chi connectivity index (χ1v) is 11.6. The largest absolute Gasteiger partial charge is 0.366 e. The molecule has 166 valence electrons. The number of aryl methyl sites for hydroxylation is 1. The summed E-state index contributed by atoms with van der Waals surface area (Å²) in [4.78, 5) is 23.4. The number of carbonyl (C=O) groups excluding carboxylic acids is 2. The summed E-state index contributed by atoms with van der Waals surface area (Å²) in [7, 11) is -3.67. The second kappa shape index (κ2) is 10.2. The number of hydrogen-bond acceptors (Lipinski definition) is 4. The molecule has 0 aliphatic carbocycles. The average Bonchev–Trinajstić information content (AvgIpc) is 2.78. The van der Waals surface area contributed by atoms with E-state index < -0.39 is 15.9 Å². The fraction of sp³-hybridized carbons (Fsp3) is 0.167. The summed E-state index contributed by atoms with van der Waals surface area (Å²) in [6, 6.07) is 21.8. The SMILES string of the molecule is C[C@@H](NS(=O)(=O)c1ccc(CCC(=O)Nc2ccc(C(N)=O)cc2)cc1)c1ccccc1. The van der Waals surface area contributed by atoms with Crippen molar-refractivity contribution < 1.29 is 18.0 Å². The minimum Gasteiger partial charge on any atom is -0.366 e. The topological polar surface area (TPSA) is 118 Å². The average molecular weight is 452 g/mol. The molecule has 0 fully saturated rings. The predicted octanol–water partition coefficient (Wildman–Crippen LogP) is 3.40. The van der Waals surface area contributed by atoms with Crippen molar-refractivity contribution in [2.45, 2.75) is 30.7 Å². The fourth-order valence-electron chi connectivity index (χ4n) is 3.14. The highest BCUT2D eigenvalue weighted by Gasteiger charge is 2.18. The van der Waals surface area contributed by atoms with Crippen molar-refractivity contribution in [3.05, 3.63) is 95.6 Å². The summed E-state index contributed by atoms with van der Waals surface area (Å²) < 4.78 is 28.0. The Morgan fingerprint density at radius 2 is 1.53 bits per heavy atom. The van der Waals surface area contributed by atoms with Crippen molar-refractivity contribution >= 4 is 27.5 Å². The number of amides is 2. The molecule has 1 atom stereocenters. The number of benzene rings is 3. The molecule has 4 N–H and O–H groups in total. The van der Waals surface area contributed by atoms with Gasteiger partial charge >= 0.3 is 0 Å². The van der Waals surface area contributed by atoms with Gasteiger partial charge in [-0.15, -0.1) is 0 Å². The zero-order valence-electron chi connectivity index (χ0n) is 17.6. The Bertz CT molecular complexity index is 1180. The molecule has 8 heteroatoms. The van der Waals surface area contributed by atoms with E-state index >= 15 is 0 Å².